The van der Waals surface area contributed by atoms with Crippen LogP contribution in [0.5, 0.6) is 0 Å². The average Bonchev–Trinajstić information content (AvgIpc) is 2.61. The van der Waals surface area contributed by atoms with Gasteiger partial charge in [0.15, 0.2) is 11.6 Å². The standard InChI is InChI=1S/C13H14N2O/c1-8-6-4-5-7-11(8)12-9(2)14-13(15-12)10(3)16/h4-7H,1-3H3,(H,14,15). The molecule has 0 aliphatic heterocycles. The third kappa shape index (κ3) is 1.76. The van der Waals surface area contributed by atoms with Gasteiger partial charge in [-0.15, -0.1) is 0 Å². The topological polar surface area (TPSA) is 45.8 Å². The summed E-state index contributed by atoms with van der Waals surface area (Å²) >= 11 is 0. The van der Waals surface area contributed by atoms with Crippen molar-refractivity contribution in [3.05, 3.63) is 41.3 Å². The van der Waals surface area contributed by atoms with Gasteiger partial charge in [-0.1, -0.05) is 24.3 Å². The van der Waals surface area contributed by atoms with Gasteiger partial charge in [0.1, 0.15) is 0 Å². The van der Waals surface area contributed by atoms with E-state index in [4.69, 9.17) is 0 Å². The molecule has 0 bridgehead atoms. The number of aromatic nitrogens is 2. The highest BCUT2D eigenvalue weighted by Gasteiger charge is 2.12. The van der Waals surface area contributed by atoms with Crippen molar-refractivity contribution in [1.29, 1.82) is 0 Å². The first-order valence-corrected chi connectivity index (χ1v) is 5.23. The molecule has 2 rings (SSSR count). The summed E-state index contributed by atoms with van der Waals surface area (Å²) in [5.74, 6) is 0.388. The van der Waals surface area contributed by atoms with Crippen LogP contribution in [-0.2, 0) is 0 Å². The second-order valence-corrected chi connectivity index (χ2v) is 3.93. The zero-order valence-corrected chi connectivity index (χ0v) is 9.66. The Morgan fingerprint density at radius 2 is 1.94 bits per heavy atom. The number of H-pyrrole nitrogens is 1. The molecule has 0 saturated heterocycles. The Labute approximate surface area is 94.5 Å². The second-order valence-electron chi connectivity index (χ2n) is 3.93. The Morgan fingerprint density at radius 1 is 1.25 bits per heavy atom. The predicted octanol–water partition coefficient (Wildman–Crippen LogP) is 2.90. The number of hydrogen-bond donors (Lipinski definition) is 1. The first-order chi connectivity index (χ1) is 7.59. The van der Waals surface area contributed by atoms with Gasteiger partial charge >= 0.3 is 0 Å². The fourth-order valence-corrected chi connectivity index (χ4v) is 1.73. The molecule has 16 heavy (non-hydrogen) atoms. The number of ketones is 1. The summed E-state index contributed by atoms with van der Waals surface area (Å²) in [6.07, 6.45) is 0. The number of carbonyl (C=O) groups excluding carboxylic acids is 1. The Kier molecular flexibility index (Phi) is 2.60. The number of benzene rings is 1. The lowest BCUT2D eigenvalue weighted by Gasteiger charge is -2.02. The lowest BCUT2D eigenvalue weighted by atomic mass is 10.1. The van der Waals surface area contributed by atoms with Crippen LogP contribution in [0.4, 0.5) is 0 Å². The van der Waals surface area contributed by atoms with Crippen LogP contribution in [0, 0.1) is 13.8 Å². The van der Waals surface area contributed by atoms with Gasteiger partial charge in [0, 0.05) is 18.2 Å². The van der Waals surface area contributed by atoms with Crippen LogP contribution < -0.4 is 0 Å². The molecule has 0 aliphatic rings. The molecular formula is C13H14N2O. The van der Waals surface area contributed by atoms with Crippen molar-refractivity contribution in [2.75, 3.05) is 0 Å². The molecular weight excluding hydrogens is 200 g/mol. The van der Waals surface area contributed by atoms with Gasteiger partial charge < -0.3 is 4.98 Å². The van der Waals surface area contributed by atoms with E-state index >= 15 is 0 Å². The number of nitrogens with zero attached hydrogens (tertiary/aromatic N) is 1. The summed E-state index contributed by atoms with van der Waals surface area (Å²) in [6, 6.07) is 8.02. The number of aromatic amines is 1. The fourth-order valence-electron chi connectivity index (χ4n) is 1.73. The van der Waals surface area contributed by atoms with E-state index in [-0.39, 0.29) is 5.78 Å². The predicted molar refractivity (Wildman–Crippen MR) is 63.5 cm³/mol. The SMILES string of the molecule is CC(=O)c1nc(-c2ccccc2C)c(C)[nH]1. The van der Waals surface area contributed by atoms with E-state index in [0.29, 0.717) is 5.82 Å². The van der Waals surface area contributed by atoms with Gasteiger partial charge in [0.2, 0.25) is 0 Å². The van der Waals surface area contributed by atoms with Crippen molar-refractivity contribution in [2.24, 2.45) is 0 Å². The summed E-state index contributed by atoms with van der Waals surface area (Å²) in [5, 5.41) is 0. The summed E-state index contributed by atoms with van der Waals surface area (Å²) in [6.45, 7) is 5.48. The van der Waals surface area contributed by atoms with Crippen molar-refractivity contribution in [2.45, 2.75) is 20.8 Å². The number of imidazole rings is 1. The van der Waals surface area contributed by atoms with Crippen LogP contribution in [0.1, 0.15) is 28.8 Å². The molecule has 1 N–H and O–H groups in total. The highest BCUT2D eigenvalue weighted by Crippen LogP contribution is 2.24. The molecule has 0 amide bonds. The van der Waals surface area contributed by atoms with Crippen LogP contribution in [0.25, 0.3) is 11.3 Å². The Bertz CT molecular complexity index is 541. The van der Waals surface area contributed by atoms with Gasteiger partial charge in [-0.3, -0.25) is 4.79 Å². The molecule has 0 unspecified atom stereocenters. The van der Waals surface area contributed by atoms with E-state index in [9.17, 15) is 4.79 Å². The van der Waals surface area contributed by atoms with Crippen LogP contribution >= 0.6 is 0 Å². The smallest absolute Gasteiger partial charge is 0.195 e. The zero-order valence-electron chi connectivity index (χ0n) is 9.66. The Morgan fingerprint density at radius 3 is 2.50 bits per heavy atom. The molecule has 0 saturated carbocycles. The number of carbonyl (C=O) groups is 1. The minimum atomic E-state index is -0.0389. The van der Waals surface area contributed by atoms with Crippen molar-refractivity contribution in [3.8, 4) is 11.3 Å². The molecule has 0 spiro atoms. The highest BCUT2D eigenvalue weighted by molar-refractivity contribution is 5.91. The van der Waals surface area contributed by atoms with E-state index in [1.807, 2.05) is 38.1 Å². The molecule has 2 aromatic rings. The first kappa shape index (κ1) is 10.6. The lowest BCUT2D eigenvalue weighted by Crippen LogP contribution is -1.94. The van der Waals surface area contributed by atoms with Gasteiger partial charge in [0.25, 0.3) is 0 Å². The van der Waals surface area contributed by atoms with Crippen LogP contribution in [0.3, 0.4) is 0 Å². The summed E-state index contributed by atoms with van der Waals surface area (Å²) < 4.78 is 0. The summed E-state index contributed by atoms with van der Waals surface area (Å²) in [7, 11) is 0. The van der Waals surface area contributed by atoms with E-state index in [0.717, 1.165) is 22.5 Å². The van der Waals surface area contributed by atoms with Gasteiger partial charge in [-0.2, -0.15) is 0 Å². The number of rotatable bonds is 2. The van der Waals surface area contributed by atoms with Crippen LogP contribution in [0.15, 0.2) is 24.3 Å². The minimum Gasteiger partial charge on any atom is -0.339 e. The maximum absolute atomic E-state index is 11.2. The van der Waals surface area contributed by atoms with Gasteiger partial charge in [0.05, 0.1) is 5.69 Å². The number of aryl methyl sites for hydroxylation is 2. The third-order valence-corrected chi connectivity index (χ3v) is 2.62. The molecule has 3 nitrogen and oxygen atoms in total. The zero-order chi connectivity index (χ0) is 11.7. The molecule has 1 heterocycles. The fraction of sp³-hybridized carbons (Fsp3) is 0.231. The second kappa shape index (κ2) is 3.93. The molecule has 0 radical (unpaired) electrons. The molecule has 3 heteroatoms. The largest absolute Gasteiger partial charge is 0.339 e. The first-order valence-electron chi connectivity index (χ1n) is 5.23. The molecule has 1 aromatic heterocycles. The van der Waals surface area contributed by atoms with E-state index in [1.165, 1.54) is 6.92 Å². The van der Waals surface area contributed by atoms with Crippen LogP contribution in [0.2, 0.25) is 0 Å². The van der Waals surface area contributed by atoms with Crippen LogP contribution in [-0.4, -0.2) is 15.8 Å². The highest BCUT2D eigenvalue weighted by atomic mass is 16.1. The molecule has 0 atom stereocenters. The van der Waals surface area contributed by atoms with Crippen molar-refractivity contribution < 1.29 is 4.79 Å². The number of Topliss-reactive ketones (excluding diaryl/α,β-unsaturated/α-hetero) is 1. The quantitative estimate of drug-likeness (QED) is 0.781. The summed E-state index contributed by atoms with van der Waals surface area (Å²) in [5.41, 5.74) is 4.03. The minimum absolute atomic E-state index is 0.0389. The molecule has 82 valence electrons. The molecule has 0 fully saturated rings. The summed E-state index contributed by atoms with van der Waals surface area (Å²) in [4.78, 5) is 18.6. The van der Waals surface area contributed by atoms with Crippen molar-refractivity contribution in [1.82, 2.24) is 9.97 Å². The molecule has 1 aromatic carbocycles. The van der Waals surface area contributed by atoms with E-state index in [1.54, 1.807) is 0 Å². The maximum atomic E-state index is 11.2. The maximum Gasteiger partial charge on any atom is 0.195 e. The number of hydrogen-bond acceptors (Lipinski definition) is 2. The van der Waals surface area contributed by atoms with Gasteiger partial charge in [-0.25, -0.2) is 4.98 Å². The number of nitrogens with one attached hydrogen (secondary N) is 1. The third-order valence-electron chi connectivity index (χ3n) is 2.62. The van der Waals surface area contributed by atoms with Gasteiger partial charge in [-0.05, 0) is 19.4 Å². The Balaban J connectivity index is 2.57. The lowest BCUT2D eigenvalue weighted by molar-refractivity contribution is 0.100. The molecule has 0 aliphatic carbocycles. The normalized spacial score (nSPS) is 10.4. The van der Waals surface area contributed by atoms with Crippen molar-refractivity contribution >= 4 is 5.78 Å². The van der Waals surface area contributed by atoms with Crippen molar-refractivity contribution in [3.63, 3.8) is 0 Å². The monoisotopic (exact) mass is 214 g/mol. The Hall–Kier alpha value is -1.90. The average molecular weight is 214 g/mol. The van der Waals surface area contributed by atoms with E-state index < -0.39 is 0 Å². The van der Waals surface area contributed by atoms with E-state index in [2.05, 4.69) is 9.97 Å².